The lowest BCUT2D eigenvalue weighted by Gasteiger charge is -2.32. The van der Waals surface area contributed by atoms with Crippen molar-refractivity contribution >= 4 is 11.6 Å². The Bertz CT molecular complexity index is 1040. The highest BCUT2D eigenvalue weighted by Crippen LogP contribution is 2.40. The number of aromatic nitrogens is 1. The molecule has 1 N–H and O–H groups in total. The van der Waals surface area contributed by atoms with E-state index in [-0.39, 0.29) is 22.7 Å². The number of carbonyl (C=O) groups is 1. The number of anilines is 1. The van der Waals surface area contributed by atoms with Gasteiger partial charge in [-0.2, -0.15) is 0 Å². The minimum Gasteiger partial charge on any atom is -0.313 e. The van der Waals surface area contributed by atoms with E-state index < -0.39 is 0 Å². The van der Waals surface area contributed by atoms with Crippen LogP contribution in [0.25, 0.3) is 0 Å². The monoisotopic (exact) mass is 426 g/mol. The van der Waals surface area contributed by atoms with Crippen molar-refractivity contribution in [3.05, 3.63) is 63.3 Å². The molecule has 1 amide bonds. The molecule has 1 unspecified atom stereocenters. The summed E-state index contributed by atoms with van der Waals surface area (Å²) in [6.07, 6.45) is 0.401. The van der Waals surface area contributed by atoms with Gasteiger partial charge in [-0.3, -0.25) is 14.5 Å². The van der Waals surface area contributed by atoms with E-state index in [0.29, 0.717) is 31.1 Å². The second-order valence-corrected chi connectivity index (χ2v) is 9.52. The van der Waals surface area contributed by atoms with Crippen molar-refractivity contribution in [3.63, 3.8) is 0 Å². The zero-order chi connectivity index (χ0) is 22.3. The summed E-state index contributed by atoms with van der Waals surface area (Å²) in [4.78, 5) is 30.4. The maximum absolute atomic E-state index is 13.3. The predicted octanol–water partition coefficient (Wildman–Crippen LogP) is 2.03. The lowest BCUT2D eigenvalue weighted by Crippen LogP contribution is -2.52. The molecule has 3 heterocycles. The summed E-state index contributed by atoms with van der Waals surface area (Å²) in [5.74, 6) is -0.237. The molecule has 166 valence electrons. The SMILES string of the molecule is CC1CN(CC(=O)N2CC(C)(C)c3c2cc(Cc2ccc(F)cc2)c(=O)n3C)CCN1. The molecule has 6 nitrogen and oxygen atoms in total. The third-order valence-corrected chi connectivity index (χ3v) is 6.37. The maximum Gasteiger partial charge on any atom is 0.254 e. The summed E-state index contributed by atoms with van der Waals surface area (Å²) in [6.45, 7) is 9.78. The molecule has 1 saturated heterocycles. The summed E-state index contributed by atoms with van der Waals surface area (Å²) >= 11 is 0. The number of pyridine rings is 1. The third kappa shape index (κ3) is 4.29. The van der Waals surface area contributed by atoms with Gasteiger partial charge < -0.3 is 14.8 Å². The van der Waals surface area contributed by atoms with Gasteiger partial charge in [0.15, 0.2) is 0 Å². The van der Waals surface area contributed by atoms with Crippen LogP contribution in [0.2, 0.25) is 0 Å². The van der Waals surface area contributed by atoms with Crippen LogP contribution in [0.1, 0.15) is 37.6 Å². The molecule has 1 aromatic heterocycles. The fourth-order valence-electron chi connectivity index (χ4n) is 4.95. The fraction of sp³-hybridized carbons (Fsp3) is 0.500. The zero-order valence-electron chi connectivity index (χ0n) is 18.7. The van der Waals surface area contributed by atoms with Gasteiger partial charge in [0, 0.05) is 56.7 Å². The highest BCUT2D eigenvalue weighted by Gasteiger charge is 2.41. The van der Waals surface area contributed by atoms with E-state index in [1.54, 1.807) is 23.7 Å². The second-order valence-electron chi connectivity index (χ2n) is 9.52. The first-order valence-corrected chi connectivity index (χ1v) is 10.9. The van der Waals surface area contributed by atoms with E-state index in [1.807, 2.05) is 11.0 Å². The molecule has 0 saturated carbocycles. The van der Waals surface area contributed by atoms with E-state index in [2.05, 4.69) is 31.0 Å². The Balaban J connectivity index is 1.66. The van der Waals surface area contributed by atoms with E-state index in [9.17, 15) is 14.0 Å². The van der Waals surface area contributed by atoms with E-state index >= 15 is 0 Å². The molecular weight excluding hydrogens is 395 g/mol. The van der Waals surface area contributed by atoms with Gasteiger partial charge >= 0.3 is 0 Å². The Morgan fingerprint density at radius 2 is 1.97 bits per heavy atom. The number of hydrogen-bond acceptors (Lipinski definition) is 4. The lowest BCUT2D eigenvalue weighted by molar-refractivity contribution is -0.120. The van der Waals surface area contributed by atoms with E-state index in [1.165, 1.54) is 12.1 Å². The highest BCUT2D eigenvalue weighted by molar-refractivity contribution is 5.97. The van der Waals surface area contributed by atoms with Crippen molar-refractivity contribution in [1.82, 2.24) is 14.8 Å². The van der Waals surface area contributed by atoms with Gasteiger partial charge in [-0.25, -0.2) is 4.39 Å². The quantitative estimate of drug-likeness (QED) is 0.813. The first kappa shape index (κ1) is 21.7. The van der Waals surface area contributed by atoms with Gasteiger partial charge in [-0.15, -0.1) is 0 Å². The first-order chi connectivity index (χ1) is 14.7. The Kier molecular flexibility index (Phi) is 5.75. The standard InChI is InChI=1S/C24H31FN4O2/c1-16-13-28(10-9-26-16)14-21(30)29-15-24(2,3)22-20(29)12-18(23(31)27(22)4)11-17-5-7-19(25)8-6-17/h5-8,12,16,26H,9-11,13-15H2,1-4H3. The van der Waals surface area contributed by atoms with Gasteiger partial charge in [-0.05, 0) is 30.7 Å². The number of nitrogens with one attached hydrogen (secondary N) is 1. The molecule has 4 rings (SSSR count). The average molecular weight is 427 g/mol. The molecule has 0 bridgehead atoms. The summed E-state index contributed by atoms with van der Waals surface area (Å²) < 4.78 is 15.0. The smallest absolute Gasteiger partial charge is 0.254 e. The van der Waals surface area contributed by atoms with Gasteiger partial charge in [0.1, 0.15) is 5.82 Å². The Morgan fingerprint density at radius 1 is 1.26 bits per heavy atom. The number of halogens is 1. The zero-order valence-corrected chi connectivity index (χ0v) is 18.7. The van der Waals surface area contributed by atoms with Gasteiger partial charge in [0.05, 0.1) is 17.9 Å². The maximum atomic E-state index is 13.3. The Labute approximate surface area is 182 Å². The van der Waals surface area contributed by atoms with Crippen LogP contribution >= 0.6 is 0 Å². The van der Waals surface area contributed by atoms with Crippen molar-refractivity contribution in [3.8, 4) is 0 Å². The van der Waals surface area contributed by atoms with Crippen molar-refractivity contribution in [2.75, 3.05) is 37.6 Å². The molecule has 0 radical (unpaired) electrons. The summed E-state index contributed by atoms with van der Waals surface area (Å²) in [6, 6.07) is 8.43. The van der Waals surface area contributed by atoms with Crippen LogP contribution in [0, 0.1) is 5.82 Å². The normalized spacial score (nSPS) is 20.7. The number of benzene rings is 1. The molecule has 0 aliphatic carbocycles. The van der Waals surface area contributed by atoms with Gasteiger partial charge in [-0.1, -0.05) is 26.0 Å². The number of hydrogen-bond donors (Lipinski definition) is 1. The molecule has 1 fully saturated rings. The number of rotatable bonds is 4. The van der Waals surface area contributed by atoms with Crippen molar-refractivity contribution in [1.29, 1.82) is 0 Å². The van der Waals surface area contributed by atoms with Crippen LogP contribution < -0.4 is 15.8 Å². The van der Waals surface area contributed by atoms with E-state index in [0.717, 1.165) is 36.6 Å². The minimum atomic E-state index is -0.315. The molecule has 7 heteroatoms. The highest BCUT2D eigenvalue weighted by atomic mass is 19.1. The Morgan fingerprint density at radius 3 is 2.65 bits per heavy atom. The summed E-state index contributed by atoms with van der Waals surface area (Å²) in [7, 11) is 1.78. The second kappa shape index (κ2) is 8.20. The van der Waals surface area contributed by atoms with Crippen LogP contribution in [0.4, 0.5) is 10.1 Å². The third-order valence-electron chi connectivity index (χ3n) is 6.37. The molecule has 2 aliphatic rings. The minimum absolute atomic E-state index is 0.0623. The molecular formula is C24H31FN4O2. The predicted molar refractivity (Wildman–Crippen MR) is 120 cm³/mol. The first-order valence-electron chi connectivity index (χ1n) is 10.9. The topological polar surface area (TPSA) is 57.6 Å². The molecule has 0 spiro atoms. The van der Waals surface area contributed by atoms with Crippen LogP contribution in [0.5, 0.6) is 0 Å². The molecule has 2 aromatic rings. The number of piperazine rings is 1. The Hall–Kier alpha value is -2.51. The average Bonchev–Trinajstić information content (AvgIpc) is 2.98. The molecule has 1 atom stereocenters. The largest absolute Gasteiger partial charge is 0.313 e. The van der Waals surface area contributed by atoms with Crippen LogP contribution in [-0.4, -0.2) is 54.1 Å². The summed E-state index contributed by atoms with van der Waals surface area (Å²) in [5, 5.41) is 3.40. The number of amides is 1. The van der Waals surface area contributed by atoms with Crippen LogP contribution in [0.3, 0.4) is 0 Å². The number of nitrogens with zero attached hydrogens (tertiary/aromatic N) is 3. The number of fused-ring (bicyclic) bond motifs is 1. The molecule has 2 aliphatic heterocycles. The van der Waals surface area contributed by atoms with Gasteiger partial charge in [0.25, 0.3) is 5.56 Å². The van der Waals surface area contributed by atoms with Crippen molar-refractivity contribution < 1.29 is 9.18 Å². The molecule has 31 heavy (non-hydrogen) atoms. The van der Waals surface area contributed by atoms with Crippen molar-refractivity contribution in [2.45, 2.75) is 38.6 Å². The van der Waals surface area contributed by atoms with Gasteiger partial charge in [0.2, 0.25) is 5.91 Å². The molecule has 1 aromatic carbocycles. The number of carbonyl (C=O) groups excluding carboxylic acids is 1. The fourth-order valence-corrected chi connectivity index (χ4v) is 4.95. The lowest BCUT2D eigenvalue weighted by atomic mass is 9.90. The summed E-state index contributed by atoms with van der Waals surface area (Å²) in [5.41, 5.74) is 2.80. The van der Waals surface area contributed by atoms with Crippen LogP contribution in [-0.2, 0) is 23.7 Å². The van der Waals surface area contributed by atoms with Crippen LogP contribution in [0.15, 0.2) is 35.1 Å². The van der Waals surface area contributed by atoms with E-state index in [4.69, 9.17) is 0 Å². The van der Waals surface area contributed by atoms with Crippen molar-refractivity contribution in [2.24, 2.45) is 7.05 Å².